The van der Waals surface area contributed by atoms with Gasteiger partial charge in [-0.05, 0) is 6.08 Å². The third-order valence-corrected chi connectivity index (χ3v) is 2.00. The first-order valence-corrected chi connectivity index (χ1v) is 3.20. The number of carbonyl (C=O) groups excluding carboxylic acids is 1. The molecule has 0 amide bonds. The summed E-state index contributed by atoms with van der Waals surface area (Å²) in [5.41, 5.74) is 0. The van der Waals surface area contributed by atoms with Gasteiger partial charge in [-0.25, -0.2) is 0 Å². The third-order valence-electron chi connectivity index (χ3n) is 1.63. The number of hydrogen-bond donors (Lipinski definition) is 0. The Morgan fingerprint density at radius 2 is 2.56 bits per heavy atom. The van der Waals surface area contributed by atoms with E-state index in [0.717, 1.165) is 0 Å². The van der Waals surface area contributed by atoms with Crippen molar-refractivity contribution < 1.29 is 9.53 Å². The minimum Gasteiger partial charge on any atom is -0.357 e. The van der Waals surface area contributed by atoms with Gasteiger partial charge < -0.3 is 4.74 Å². The fourth-order valence-corrected chi connectivity index (χ4v) is 1.39. The lowest BCUT2D eigenvalue weighted by molar-refractivity contribution is -0.120. The molecule has 1 unspecified atom stereocenters. The van der Waals surface area contributed by atoms with Crippen molar-refractivity contribution in [3.8, 4) is 0 Å². The monoisotopic (exact) mass is 144 g/mol. The standard InChI is InChI=1S/C6H5ClO2/c7-3-1-6-4(8)2-5(3)9-6/h1,5-6H,2H2/t5?,6-/m1/s1. The average Bonchev–Trinajstić information content (AvgIpc) is 2.24. The highest BCUT2D eigenvalue weighted by Gasteiger charge is 2.39. The summed E-state index contributed by atoms with van der Waals surface area (Å²) in [5, 5.41) is 0.694. The Bertz CT molecular complexity index is 197. The van der Waals surface area contributed by atoms with E-state index in [2.05, 4.69) is 0 Å². The molecule has 2 aliphatic rings. The SMILES string of the molecule is O=C1CC2O[C@@H]1C=C2Cl. The molecule has 2 bridgehead atoms. The molecule has 1 fully saturated rings. The molecule has 0 radical (unpaired) electrons. The summed E-state index contributed by atoms with van der Waals surface area (Å²) in [6.07, 6.45) is 1.73. The summed E-state index contributed by atoms with van der Waals surface area (Å²) >= 11 is 5.66. The van der Waals surface area contributed by atoms with Crippen LogP contribution in [0.4, 0.5) is 0 Å². The Morgan fingerprint density at radius 1 is 1.78 bits per heavy atom. The Morgan fingerprint density at radius 3 is 2.89 bits per heavy atom. The van der Waals surface area contributed by atoms with Crippen LogP contribution < -0.4 is 0 Å². The fraction of sp³-hybridized carbons (Fsp3) is 0.500. The van der Waals surface area contributed by atoms with E-state index in [1.807, 2.05) is 0 Å². The van der Waals surface area contributed by atoms with Crippen LogP contribution in [0.15, 0.2) is 11.1 Å². The van der Waals surface area contributed by atoms with Gasteiger partial charge in [-0.1, -0.05) is 11.6 Å². The van der Waals surface area contributed by atoms with E-state index in [1.165, 1.54) is 0 Å². The number of ketones is 1. The second kappa shape index (κ2) is 1.58. The molecule has 2 rings (SSSR count). The van der Waals surface area contributed by atoms with E-state index in [0.29, 0.717) is 11.5 Å². The molecule has 0 spiro atoms. The Balaban J connectivity index is 2.35. The largest absolute Gasteiger partial charge is 0.357 e. The van der Waals surface area contributed by atoms with Gasteiger partial charge in [-0.2, -0.15) is 0 Å². The second-order valence-electron chi connectivity index (χ2n) is 2.27. The number of fused-ring (bicyclic) bond motifs is 2. The smallest absolute Gasteiger partial charge is 0.168 e. The van der Waals surface area contributed by atoms with Gasteiger partial charge in [0.05, 0.1) is 0 Å². The van der Waals surface area contributed by atoms with E-state index >= 15 is 0 Å². The van der Waals surface area contributed by atoms with Gasteiger partial charge in [-0.15, -0.1) is 0 Å². The van der Waals surface area contributed by atoms with Gasteiger partial charge in [-0.3, -0.25) is 4.79 Å². The predicted molar refractivity (Wildman–Crippen MR) is 32.2 cm³/mol. The van der Waals surface area contributed by atoms with E-state index in [-0.39, 0.29) is 18.0 Å². The number of carbonyl (C=O) groups is 1. The van der Waals surface area contributed by atoms with Crippen LogP contribution in [0.3, 0.4) is 0 Å². The van der Waals surface area contributed by atoms with E-state index in [1.54, 1.807) is 6.08 Å². The zero-order chi connectivity index (χ0) is 6.43. The van der Waals surface area contributed by atoms with Gasteiger partial charge in [0.1, 0.15) is 12.2 Å². The molecule has 9 heavy (non-hydrogen) atoms. The maximum Gasteiger partial charge on any atom is 0.168 e. The van der Waals surface area contributed by atoms with E-state index in [9.17, 15) is 4.79 Å². The minimum absolute atomic E-state index is 0.107. The van der Waals surface area contributed by atoms with Crippen LogP contribution in [-0.4, -0.2) is 18.0 Å². The maximum atomic E-state index is 10.8. The van der Waals surface area contributed by atoms with Crippen molar-refractivity contribution in [3.63, 3.8) is 0 Å². The summed E-state index contributed by atoms with van der Waals surface area (Å²) < 4.78 is 5.12. The average molecular weight is 145 g/mol. The number of ether oxygens (including phenoxy) is 1. The predicted octanol–water partition coefficient (Wildman–Crippen LogP) is 0.849. The third kappa shape index (κ3) is 0.635. The molecule has 0 aliphatic carbocycles. The molecule has 0 aromatic carbocycles. The van der Waals surface area contributed by atoms with Gasteiger partial charge in [0.25, 0.3) is 0 Å². The van der Waals surface area contributed by atoms with Gasteiger partial charge >= 0.3 is 0 Å². The molecule has 0 N–H and O–H groups in total. The van der Waals surface area contributed by atoms with Crippen molar-refractivity contribution in [1.82, 2.24) is 0 Å². The van der Waals surface area contributed by atoms with Crippen LogP contribution in [0, 0.1) is 0 Å². The molecule has 2 heterocycles. The molecule has 2 nitrogen and oxygen atoms in total. The molecule has 0 aromatic heterocycles. The van der Waals surface area contributed by atoms with Crippen molar-refractivity contribution in [2.24, 2.45) is 0 Å². The molecule has 0 aromatic rings. The zero-order valence-corrected chi connectivity index (χ0v) is 5.39. The molecule has 0 saturated carbocycles. The molecule has 1 saturated heterocycles. The minimum atomic E-state index is -0.317. The van der Waals surface area contributed by atoms with Crippen molar-refractivity contribution in [2.45, 2.75) is 18.6 Å². The lowest BCUT2D eigenvalue weighted by atomic mass is 10.1. The first kappa shape index (κ1) is 5.45. The topological polar surface area (TPSA) is 26.3 Å². The summed E-state index contributed by atoms with van der Waals surface area (Å²) in [4.78, 5) is 10.8. The Labute approximate surface area is 57.4 Å². The number of rotatable bonds is 0. The maximum absolute atomic E-state index is 10.8. The zero-order valence-electron chi connectivity index (χ0n) is 4.63. The number of hydrogen-bond acceptors (Lipinski definition) is 2. The highest BCUT2D eigenvalue weighted by Crippen LogP contribution is 2.32. The highest BCUT2D eigenvalue weighted by atomic mass is 35.5. The molecular weight excluding hydrogens is 140 g/mol. The first-order valence-electron chi connectivity index (χ1n) is 2.83. The lowest BCUT2D eigenvalue weighted by Crippen LogP contribution is -2.11. The molecule has 2 atom stereocenters. The van der Waals surface area contributed by atoms with Crippen molar-refractivity contribution in [3.05, 3.63) is 11.1 Å². The fourth-order valence-electron chi connectivity index (χ4n) is 1.15. The second-order valence-corrected chi connectivity index (χ2v) is 2.70. The van der Waals surface area contributed by atoms with Crippen molar-refractivity contribution in [2.75, 3.05) is 0 Å². The quantitative estimate of drug-likeness (QED) is 0.504. The number of Topliss-reactive ketones (excluding diaryl/α,β-unsaturated/α-hetero) is 1. The van der Waals surface area contributed by atoms with Gasteiger partial charge in [0.15, 0.2) is 5.78 Å². The van der Waals surface area contributed by atoms with Crippen molar-refractivity contribution >= 4 is 17.4 Å². The first-order chi connectivity index (χ1) is 4.27. The summed E-state index contributed by atoms with van der Waals surface area (Å²) in [7, 11) is 0. The van der Waals surface area contributed by atoms with Gasteiger partial charge in [0.2, 0.25) is 0 Å². The van der Waals surface area contributed by atoms with Crippen LogP contribution in [-0.2, 0) is 9.53 Å². The molecule has 2 aliphatic heterocycles. The summed E-state index contributed by atoms with van der Waals surface area (Å²) in [5.74, 6) is 0.157. The van der Waals surface area contributed by atoms with Crippen LogP contribution in [0.1, 0.15) is 6.42 Å². The highest BCUT2D eigenvalue weighted by molar-refractivity contribution is 6.31. The number of halogens is 1. The van der Waals surface area contributed by atoms with Crippen molar-refractivity contribution in [1.29, 1.82) is 0 Å². The van der Waals surface area contributed by atoms with Gasteiger partial charge in [0, 0.05) is 11.5 Å². The normalized spacial score (nSPS) is 39.7. The molecular formula is C6H5ClO2. The Kier molecular flexibility index (Phi) is 0.957. The molecule has 48 valence electrons. The van der Waals surface area contributed by atoms with Crippen LogP contribution in [0.5, 0.6) is 0 Å². The summed E-state index contributed by atoms with van der Waals surface area (Å²) in [6, 6.07) is 0. The Hall–Kier alpha value is -0.340. The lowest BCUT2D eigenvalue weighted by Gasteiger charge is -1.99. The van der Waals surface area contributed by atoms with E-state index < -0.39 is 0 Å². The summed E-state index contributed by atoms with van der Waals surface area (Å²) in [6.45, 7) is 0. The van der Waals surface area contributed by atoms with Crippen LogP contribution in [0.25, 0.3) is 0 Å². The van der Waals surface area contributed by atoms with Crippen LogP contribution >= 0.6 is 11.6 Å². The van der Waals surface area contributed by atoms with E-state index in [4.69, 9.17) is 16.3 Å². The van der Waals surface area contributed by atoms with Crippen LogP contribution in [0.2, 0.25) is 0 Å². The molecule has 3 heteroatoms.